The number of carboxylic acid groups (broad SMARTS) is 1. The lowest BCUT2D eigenvalue weighted by molar-refractivity contribution is -0.148. The van der Waals surface area contributed by atoms with Gasteiger partial charge in [0.05, 0.1) is 31.3 Å². The zero-order valence-electron chi connectivity index (χ0n) is 22.3. The summed E-state index contributed by atoms with van der Waals surface area (Å²) in [6.45, 7) is 6.45. The average molecular weight is 551 g/mol. The Labute approximate surface area is 224 Å². The number of methoxy groups -OCH3 is 1. The minimum absolute atomic E-state index is 0.0693. The van der Waals surface area contributed by atoms with E-state index in [1.165, 1.54) is 26.2 Å². The van der Waals surface area contributed by atoms with E-state index in [0.29, 0.717) is 42.9 Å². The summed E-state index contributed by atoms with van der Waals surface area (Å²) in [5.41, 5.74) is -0.577. The maximum atomic E-state index is 13.6. The Morgan fingerprint density at radius 3 is 2.39 bits per heavy atom. The molecular formula is C27H38N2O8S. The van der Waals surface area contributed by atoms with Gasteiger partial charge in [0.25, 0.3) is 0 Å². The minimum Gasteiger partial charge on any atom is -0.496 e. The first-order valence-corrected chi connectivity index (χ1v) is 14.1. The van der Waals surface area contributed by atoms with Gasteiger partial charge in [0.2, 0.25) is 10.0 Å². The molecule has 4 N–H and O–H groups in total. The molecule has 0 aliphatic carbocycles. The van der Waals surface area contributed by atoms with Crippen molar-refractivity contribution < 1.29 is 37.6 Å². The third-order valence-corrected chi connectivity index (χ3v) is 8.31. The van der Waals surface area contributed by atoms with Crippen LogP contribution in [0.25, 0.3) is 0 Å². The number of carbonyl (C=O) groups is 1. The Balaban J connectivity index is 1.86. The van der Waals surface area contributed by atoms with E-state index in [1.807, 2.05) is 6.92 Å². The molecule has 0 bridgehead atoms. The van der Waals surface area contributed by atoms with Crippen LogP contribution in [0.1, 0.15) is 44.7 Å². The number of hydrogen-bond acceptors (Lipinski definition) is 7. The summed E-state index contributed by atoms with van der Waals surface area (Å²) < 4.78 is 46.4. The van der Waals surface area contributed by atoms with Crippen LogP contribution in [-0.4, -0.2) is 62.6 Å². The maximum Gasteiger partial charge on any atom is 0.406 e. The summed E-state index contributed by atoms with van der Waals surface area (Å²) in [5.74, 6) is 0.112. The highest BCUT2D eigenvalue weighted by atomic mass is 32.2. The summed E-state index contributed by atoms with van der Waals surface area (Å²) in [7, 11) is -2.76. The Hall–Kier alpha value is -2.70. The standard InChI is InChI=1S/C27H38N2O8S/c1-19(12-13-26(3)36-14-15-37-26)16-22-17-23(10-11-24(22)35-4)38(33,34)29-27(20(2)30,28-25(31)32)18-21-8-6-5-7-9-21/h5-11,17,19-20,28-30H,12-16,18H2,1-4H3,(H,31,32)/t19?,20-,27+/m1/s1. The van der Waals surface area contributed by atoms with Crippen LogP contribution in [0.5, 0.6) is 5.75 Å². The van der Waals surface area contributed by atoms with Crippen LogP contribution in [0.15, 0.2) is 53.4 Å². The van der Waals surface area contributed by atoms with Gasteiger partial charge < -0.3 is 24.4 Å². The lowest BCUT2D eigenvalue weighted by Gasteiger charge is -2.37. The van der Waals surface area contributed by atoms with Crippen LogP contribution in [0.4, 0.5) is 4.79 Å². The molecule has 0 saturated carbocycles. The predicted octanol–water partition coefficient (Wildman–Crippen LogP) is 3.28. The lowest BCUT2D eigenvalue weighted by atomic mass is 9.94. The molecule has 38 heavy (non-hydrogen) atoms. The lowest BCUT2D eigenvalue weighted by Crippen LogP contribution is -2.67. The van der Waals surface area contributed by atoms with Gasteiger partial charge >= 0.3 is 6.09 Å². The number of sulfonamides is 1. The van der Waals surface area contributed by atoms with E-state index in [9.17, 15) is 23.4 Å². The van der Waals surface area contributed by atoms with E-state index >= 15 is 0 Å². The second kappa shape index (κ2) is 12.4. The van der Waals surface area contributed by atoms with Crippen molar-refractivity contribution in [1.29, 1.82) is 0 Å². The van der Waals surface area contributed by atoms with Gasteiger partial charge in [-0.15, -0.1) is 0 Å². The van der Waals surface area contributed by atoms with Crippen molar-refractivity contribution in [3.05, 3.63) is 59.7 Å². The molecule has 11 heteroatoms. The molecule has 0 radical (unpaired) electrons. The first kappa shape index (κ1) is 29.9. The summed E-state index contributed by atoms with van der Waals surface area (Å²) in [6, 6.07) is 13.2. The average Bonchev–Trinajstić information content (AvgIpc) is 3.29. The molecule has 210 valence electrons. The van der Waals surface area contributed by atoms with Gasteiger partial charge in [-0.25, -0.2) is 13.2 Å². The Morgan fingerprint density at radius 2 is 1.82 bits per heavy atom. The van der Waals surface area contributed by atoms with E-state index in [0.717, 1.165) is 6.42 Å². The normalized spacial score (nSPS) is 18.3. The minimum atomic E-state index is -4.28. The predicted molar refractivity (Wildman–Crippen MR) is 141 cm³/mol. The molecule has 1 aliphatic heterocycles. The Bertz CT molecular complexity index is 1180. The monoisotopic (exact) mass is 550 g/mol. The number of aliphatic hydroxyl groups excluding tert-OH is 1. The fourth-order valence-electron chi connectivity index (χ4n) is 4.62. The van der Waals surface area contributed by atoms with Crippen molar-refractivity contribution in [1.82, 2.24) is 10.0 Å². The molecule has 3 rings (SSSR count). The molecule has 2 aromatic rings. The van der Waals surface area contributed by atoms with Gasteiger partial charge in [-0.2, -0.15) is 4.72 Å². The molecule has 1 aliphatic rings. The molecule has 1 unspecified atom stereocenters. The fraction of sp³-hybridized carbons (Fsp3) is 0.519. The van der Waals surface area contributed by atoms with Crippen molar-refractivity contribution in [3.8, 4) is 5.75 Å². The van der Waals surface area contributed by atoms with E-state index < -0.39 is 33.7 Å². The van der Waals surface area contributed by atoms with Crippen LogP contribution in [-0.2, 0) is 32.3 Å². The van der Waals surface area contributed by atoms with Crippen LogP contribution in [0.3, 0.4) is 0 Å². The van der Waals surface area contributed by atoms with Crippen LogP contribution in [0.2, 0.25) is 0 Å². The fourth-order valence-corrected chi connectivity index (χ4v) is 6.06. The highest BCUT2D eigenvalue weighted by Crippen LogP contribution is 2.30. The quantitative estimate of drug-likeness (QED) is 0.278. The number of ether oxygens (including phenoxy) is 3. The van der Waals surface area contributed by atoms with Crippen molar-refractivity contribution in [2.24, 2.45) is 5.92 Å². The topological polar surface area (TPSA) is 143 Å². The van der Waals surface area contributed by atoms with E-state index in [4.69, 9.17) is 14.2 Å². The SMILES string of the molecule is COc1ccc(S(=O)(=O)N[C@](Cc2ccccc2)(NC(=O)O)[C@@H](C)O)cc1CC(C)CCC1(C)OCCO1. The first-order valence-electron chi connectivity index (χ1n) is 12.6. The molecule has 3 atom stereocenters. The van der Waals surface area contributed by atoms with E-state index in [-0.39, 0.29) is 17.2 Å². The largest absolute Gasteiger partial charge is 0.496 e. The summed E-state index contributed by atoms with van der Waals surface area (Å²) in [4.78, 5) is 11.6. The zero-order valence-corrected chi connectivity index (χ0v) is 23.1. The van der Waals surface area contributed by atoms with Gasteiger partial charge in [-0.05, 0) is 61.9 Å². The van der Waals surface area contributed by atoms with E-state index in [2.05, 4.69) is 17.0 Å². The van der Waals surface area contributed by atoms with Crippen LogP contribution >= 0.6 is 0 Å². The van der Waals surface area contributed by atoms with Gasteiger partial charge in [-0.1, -0.05) is 37.3 Å². The van der Waals surface area contributed by atoms with Gasteiger partial charge in [0, 0.05) is 12.8 Å². The highest BCUT2D eigenvalue weighted by molar-refractivity contribution is 7.89. The number of rotatable bonds is 13. The third-order valence-electron chi connectivity index (χ3n) is 6.81. The molecule has 1 heterocycles. The molecule has 1 fully saturated rings. The van der Waals surface area contributed by atoms with Crippen molar-refractivity contribution in [3.63, 3.8) is 0 Å². The summed E-state index contributed by atoms with van der Waals surface area (Å²) in [5, 5.41) is 22.3. The maximum absolute atomic E-state index is 13.6. The molecule has 0 spiro atoms. The third kappa shape index (κ3) is 7.67. The highest BCUT2D eigenvalue weighted by Gasteiger charge is 2.42. The number of amides is 1. The second-order valence-corrected chi connectivity index (χ2v) is 11.7. The first-order chi connectivity index (χ1) is 17.9. The molecule has 2 aromatic carbocycles. The number of benzene rings is 2. The molecule has 10 nitrogen and oxygen atoms in total. The smallest absolute Gasteiger partial charge is 0.406 e. The molecule has 1 saturated heterocycles. The number of hydrogen-bond donors (Lipinski definition) is 4. The van der Waals surface area contributed by atoms with Gasteiger partial charge in [0.15, 0.2) is 5.79 Å². The van der Waals surface area contributed by atoms with Crippen LogP contribution in [0, 0.1) is 5.92 Å². The number of nitrogens with one attached hydrogen (secondary N) is 2. The Kier molecular flexibility index (Phi) is 9.77. The zero-order chi connectivity index (χ0) is 28.0. The van der Waals surface area contributed by atoms with E-state index in [1.54, 1.807) is 36.4 Å². The second-order valence-electron chi connectivity index (χ2n) is 10.00. The number of aliphatic hydroxyl groups is 1. The molecular weight excluding hydrogens is 512 g/mol. The van der Waals surface area contributed by atoms with Crippen molar-refractivity contribution in [2.45, 2.75) is 68.9 Å². The molecule has 1 amide bonds. The van der Waals surface area contributed by atoms with Crippen molar-refractivity contribution >= 4 is 16.1 Å². The molecule has 0 aromatic heterocycles. The van der Waals surface area contributed by atoms with Gasteiger partial charge in [-0.3, -0.25) is 5.32 Å². The summed E-state index contributed by atoms with van der Waals surface area (Å²) in [6.07, 6.45) is -0.945. The van der Waals surface area contributed by atoms with Gasteiger partial charge in [0.1, 0.15) is 11.4 Å². The Morgan fingerprint density at radius 1 is 1.16 bits per heavy atom. The van der Waals surface area contributed by atoms with Crippen molar-refractivity contribution in [2.75, 3.05) is 20.3 Å². The summed E-state index contributed by atoms with van der Waals surface area (Å²) >= 11 is 0. The van der Waals surface area contributed by atoms with Crippen LogP contribution < -0.4 is 14.8 Å².